The predicted octanol–water partition coefficient (Wildman–Crippen LogP) is 2.66. The van der Waals surface area contributed by atoms with Gasteiger partial charge in [0.15, 0.2) is 0 Å². The first-order chi connectivity index (χ1) is 8.31. The summed E-state index contributed by atoms with van der Waals surface area (Å²) in [5.41, 5.74) is 1.03. The van der Waals surface area contributed by atoms with E-state index in [9.17, 15) is 0 Å². The molecule has 1 N–H and O–H groups in total. The summed E-state index contributed by atoms with van der Waals surface area (Å²) in [5.74, 6) is 0. The molecule has 0 radical (unpaired) electrons. The number of nitrogens with zero attached hydrogens (tertiary/aromatic N) is 3. The molecule has 0 aliphatic heterocycles. The Labute approximate surface area is 105 Å². The highest BCUT2D eigenvalue weighted by molar-refractivity contribution is 7.14. The highest BCUT2D eigenvalue weighted by Gasteiger charge is 2.12. The van der Waals surface area contributed by atoms with Gasteiger partial charge in [-0.1, -0.05) is 18.3 Å². The van der Waals surface area contributed by atoms with Crippen LogP contribution in [0.4, 0.5) is 0 Å². The Kier molecular flexibility index (Phi) is 4.17. The summed E-state index contributed by atoms with van der Waals surface area (Å²) >= 11 is 1.62. The van der Waals surface area contributed by atoms with Crippen molar-refractivity contribution in [3.63, 3.8) is 0 Å². The van der Waals surface area contributed by atoms with Gasteiger partial charge in [-0.15, -0.1) is 10.2 Å². The molecule has 1 unspecified atom stereocenters. The zero-order chi connectivity index (χ0) is 12.1. The minimum atomic E-state index is 0.262. The molecule has 2 heterocycles. The molecule has 2 aromatic rings. The van der Waals surface area contributed by atoms with Crippen molar-refractivity contribution in [3.05, 3.63) is 29.5 Å². The van der Waals surface area contributed by atoms with Crippen LogP contribution in [-0.4, -0.2) is 21.7 Å². The van der Waals surface area contributed by atoms with Gasteiger partial charge in [-0.25, -0.2) is 0 Å². The van der Waals surface area contributed by atoms with E-state index in [2.05, 4.69) is 34.3 Å². The molecule has 2 aromatic heterocycles. The summed E-state index contributed by atoms with van der Waals surface area (Å²) in [6.07, 6.45) is 4.70. The van der Waals surface area contributed by atoms with E-state index in [1.807, 2.05) is 18.3 Å². The van der Waals surface area contributed by atoms with Gasteiger partial charge in [0.2, 0.25) is 0 Å². The van der Waals surface area contributed by atoms with Crippen LogP contribution in [0.15, 0.2) is 24.5 Å². The number of hydrogen-bond donors (Lipinski definition) is 1. The Morgan fingerprint density at radius 1 is 1.41 bits per heavy atom. The average molecular weight is 248 g/mol. The van der Waals surface area contributed by atoms with Crippen molar-refractivity contribution in [2.24, 2.45) is 0 Å². The summed E-state index contributed by atoms with van der Waals surface area (Å²) in [6.45, 7) is 5.27. The molecule has 0 aliphatic rings. The number of hydrogen-bond acceptors (Lipinski definition) is 5. The Morgan fingerprint density at radius 3 is 3.00 bits per heavy atom. The van der Waals surface area contributed by atoms with Gasteiger partial charge in [0.1, 0.15) is 10.0 Å². The van der Waals surface area contributed by atoms with Crippen LogP contribution in [0.2, 0.25) is 0 Å². The van der Waals surface area contributed by atoms with Crippen molar-refractivity contribution in [1.29, 1.82) is 0 Å². The Morgan fingerprint density at radius 2 is 2.29 bits per heavy atom. The maximum absolute atomic E-state index is 4.22. The molecule has 0 saturated carbocycles. The summed E-state index contributed by atoms with van der Waals surface area (Å²) in [4.78, 5) is 4.09. The van der Waals surface area contributed by atoms with E-state index in [0.717, 1.165) is 28.5 Å². The normalized spacial score (nSPS) is 12.6. The molecule has 0 aliphatic carbocycles. The van der Waals surface area contributed by atoms with Gasteiger partial charge in [0.05, 0.1) is 6.04 Å². The fraction of sp³-hybridized carbons (Fsp3) is 0.417. The van der Waals surface area contributed by atoms with Crippen molar-refractivity contribution >= 4 is 11.3 Å². The first-order valence-corrected chi connectivity index (χ1v) is 6.60. The van der Waals surface area contributed by atoms with Gasteiger partial charge in [-0.2, -0.15) is 0 Å². The quantitative estimate of drug-likeness (QED) is 0.883. The molecule has 90 valence electrons. The van der Waals surface area contributed by atoms with E-state index >= 15 is 0 Å². The monoisotopic (exact) mass is 248 g/mol. The molecular weight excluding hydrogens is 232 g/mol. The van der Waals surface area contributed by atoms with Crippen LogP contribution in [0, 0.1) is 0 Å². The standard InChI is InChI=1S/C12H16N4S/c1-3-6-14-9(2)11-15-16-12(17-11)10-5-4-7-13-8-10/h4-5,7-9,14H,3,6H2,1-2H3. The van der Waals surface area contributed by atoms with Crippen molar-refractivity contribution in [3.8, 4) is 10.6 Å². The molecule has 0 fully saturated rings. The molecule has 2 rings (SSSR count). The number of aromatic nitrogens is 3. The topological polar surface area (TPSA) is 50.7 Å². The largest absolute Gasteiger partial charge is 0.308 e. The average Bonchev–Trinajstić information content (AvgIpc) is 2.86. The molecular formula is C12H16N4S. The van der Waals surface area contributed by atoms with E-state index in [4.69, 9.17) is 0 Å². The van der Waals surface area contributed by atoms with Gasteiger partial charge >= 0.3 is 0 Å². The first-order valence-electron chi connectivity index (χ1n) is 5.78. The smallest absolute Gasteiger partial charge is 0.149 e. The maximum Gasteiger partial charge on any atom is 0.149 e. The fourth-order valence-corrected chi connectivity index (χ4v) is 2.32. The van der Waals surface area contributed by atoms with Gasteiger partial charge < -0.3 is 5.32 Å². The van der Waals surface area contributed by atoms with Gasteiger partial charge in [0.25, 0.3) is 0 Å². The third kappa shape index (κ3) is 3.08. The van der Waals surface area contributed by atoms with Crippen LogP contribution >= 0.6 is 11.3 Å². The second-order valence-electron chi connectivity index (χ2n) is 3.86. The minimum absolute atomic E-state index is 0.262. The van der Waals surface area contributed by atoms with Crippen molar-refractivity contribution in [2.45, 2.75) is 26.3 Å². The fourth-order valence-electron chi connectivity index (χ4n) is 1.46. The van der Waals surface area contributed by atoms with Crippen LogP contribution in [0.5, 0.6) is 0 Å². The Balaban J connectivity index is 2.11. The van der Waals surface area contributed by atoms with E-state index in [1.54, 1.807) is 17.5 Å². The zero-order valence-electron chi connectivity index (χ0n) is 10.1. The van der Waals surface area contributed by atoms with Gasteiger partial charge in [-0.05, 0) is 32.0 Å². The summed E-state index contributed by atoms with van der Waals surface area (Å²) in [5, 5.41) is 13.8. The van der Waals surface area contributed by atoms with Gasteiger partial charge in [-0.3, -0.25) is 4.98 Å². The summed E-state index contributed by atoms with van der Waals surface area (Å²) < 4.78 is 0. The molecule has 17 heavy (non-hydrogen) atoms. The lowest BCUT2D eigenvalue weighted by Gasteiger charge is -2.08. The lowest BCUT2D eigenvalue weighted by atomic mass is 10.3. The van der Waals surface area contributed by atoms with Crippen molar-refractivity contribution in [1.82, 2.24) is 20.5 Å². The second-order valence-corrected chi connectivity index (χ2v) is 4.87. The lowest BCUT2D eigenvalue weighted by molar-refractivity contribution is 0.564. The molecule has 0 aromatic carbocycles. The predicted molar refractivity (Wildman–Crippen MR) is 69.8 cm³/mol. The number of pyridine rings is 1. The van der Waals surface area contributed by atoms with Crippen LogP contribution < -0.4 is 5.32 Å². The molecule has 0 amide bonds. The molecule has 5 heteroatoms. The molecule has 0 bridgehead atoms. The van der Waals surface area contributed by atoms with Gasteiger partial charge in [0, 0.05) is 18.0 Å². The highest BCUT2D eigenvalue weighted by Crippen LogP contribution is 2.25. The van der Waals surface area contributed by atoms with Crippen LogP contribution in [-0.2, 0) is 0 Å². The zero-order valence-corrected chi connectivity index (χ0v) is 10.9. The van der Waals surface area contributed by atoms with Crippen LogP contribution in [0.25, 0.3) is 10.6 Å². The van der Waals surface area contributed by atoms with Crippen molar-refractivity contribution in [2.75, 3.05) is 6.54 Å². The Bertz CT molecular complexity index is 455. The third-order valence-electron chi connectivity index (χ3n) is 2.42. The SMILES string of the molecule is CCCNC(C)c1nnc(-c2cccnc2)s1. The van der Waals surface area contributed by atoms with Crippen LogP contribution in [0.3, 0.4) is 0 Å². The maximum atomic E-state index is 4.22. The summed E-state index contributed by atoms with van der Waals surface area (Å²) in [6, 6.07) is 4.18. The second kappa shape index (κ2) is 5.84. The van der Waals surface area contributed by atoms with E-state index in [1.165, 1.54) is 0 Å². The lowest BCUT2D eigenvalue weighted by Crippen LogP contribution is -2.18. The number of nitrogens with one attached hydrogen (secondary N) is 1. The van der Waals surface area contributed by atoms with Crippen molar-refractivity contribution < 1.29 is 0 Å². The molecule has 0 spiro atoms. The molecule has 0 saturated heterocycles. The van der Waals surface area contributed by atoms with E-state index in [-0.39, 0.29) is 6.04 Å². The molecule has 4 nitrogen and oxygen atoms in total. The number of rotatable bonds is 5. The third-order valence-corrected chi connectivity index (χ3v) is 3.58. The molecule has 1 atom stereocenters. The highest BCUT2D eigenvalue weighted by atomic mass is 32.1. The first kappa shape index (κ1) is 12.1. The Hall–Kier alpha value is -1.33. The summed E-state index contributed by atoms with van der Waals surface area (Å²) in [7, 11) is 0. The minimum Gasteiger partial charge on any atom is -0.308 e. The van der Waals surface area contributed by atoms with E-state index in [0.29, 0.717) is 0 Å². The van der Waals surface area contributed by atoms with Crippen LogP contribution in [0.1, 0.15) is 31.3 Å². The van der Waals surface area contributed by atoms with E-state index < -0.39 is 0 Å².